The van der Waals surface area contributed by atoms with Crippen LogP contribution in [0.4, 0.5) is 5.82 Å². The Hall–Kier alpha value is -2.17. The molecule has 0 amide bonds. The number of pyridine rings is 1. The summed E-state index contributed by atoms with van der Waals surface area (Å²) in [5.41, 5.74) is 7.30. The van der Waals surface area contributed by atoms with E-state index in [1.165, 1.54) is 0 Å². The molecule has 2 aromatic heterocycles. The molecule has 0 atom stereocenters. The van der Waals surface area contributed by atoms with Gasteiger partial charge in [0.15, 0.2) is 5.82 Å². The highest BCUT2D eigenvalue weighted by Gasteiger charge is 2.04. The fourth-order valence-corrected chi connectivity index (χ4v) is 1.36. The molecule has 16 heavy (non-hydrogen) atoms. The number of nitrogen functional groups attached to an aromatic ring is 1. The van der Waals surface area contributed by atoms with E-state index < -0.39 is 0 Å². The highest BCUT2D eigenvalue weighted by atomic mass is 16.5. The zero-order valence-electron chi connectivity index (χ0n) is 9.14. The van der Waals surface area contributed by atoms with E-state index in [0.29, 0.717) is 17.5 Å². The van der Waals surface area contributed by atoms with E-state index in [2.05, 4.69) is 15.0 Å². The zero-order valence-corrected chi connectivity index (χ0v) is 9.14. The van der Waals surface area contributed by atoms with Crippen LogP contribution in [0.25, 0.3) is 11.4 Å². The molecule has 0 saturated heterocycles. The Labute approximate surface area is 93.3 Å². The lowest BCUT2D eigenvalue weighted by Gasteiger charge is -2.03. The van der Waals surface area contributed by atoms with Crippen molar-refractivity contribution in [3.8, 4) is 17.3 Å². The predicted octanol–water partition coefficient (Wildman–Crippen LogP) is 1.44. The standard InChI is InChI=1S/C11H12N4O/c1-7-5-9(12)15-11(14-7)8-3-4-10(16-2)13-6-8/h3-6H,1-2H3,(H2,12,14,15). The van der Waals surface area contributed by atoms with Crippen molar-refractivity contribution in [3.05, 3.63) is 30.1 Å². The third-order valence-electron chi connectivity index (χ3n) is 2.08. The smallest absolute Gasteiger partial charge is 0.212 e. The van der Waals surface area contributed by atoms with Gasteiger partial charge in [0.1, 0.15) is 5.82 Å². The lowest BCUT2D eigenvalue weighted by atomic mass is 10.2. The number of rotatable bonds is 2. The van der Waals surface area contributed by atoms with Crippen molar-refractivity contribution in [3.63, 3.8) is 0 Å². The number of methoxy groups -OCH3 is 1. The summed E-state index contributed by atoms with van der Waals surface area (Å²) in [4.78, 5) is 12.5. The Morgan fingerprint density at radius 2 is 2.06 bits per heavy atom. The summed E-state index contributed by atoms with van der Waals surface area (Å²) in [5.74, 6) is 1.59. The molecule has 5 heteroatoms. The van der Waals surface area contributed by atoms with Gasteiger partial charge in [-0.1, -0.05) is 0 Å². The Bertz CT molecular complexity index is 476. The molecule has 0 aliphatic heterocycles. The Balaban J connectivity index is 2.42. The minimum atomic E-state index is 0.457. The van der Waals surface area contributed by atoms with Crippen molar-refractivity contribution >= 4 is 5.82 Å². The summed E-state index contributed by atoms with van der Waals surface area (Å²) < 4.78 is 4.98. The number of hydrogen-bond donors (Lipinski definition) is 1. The van der Waals surface area contributed by atoms with Gasteiger partial charge >= 0.3 is 0 Å². The third kappa shape index (κ3) is 2.08. The average molecular weight is 216 g/mol. The van der Waals surface area contributed by atoms with Crippen LogP contribution in [0.3, 0.4) is 0 Å². The molecule has 5 nitrogen and oxygen atoms in total. The summed E-state index contributed by atoms with van der Waals surface area (Å²) >= 11 is 0. The van der Waals surface area contributed by atoms with E-state index in [0.717, 1.165) is 11.3 Å². The zero-order chi connectivity index (χ0) is 11.5. The monoisotopic (exact) mass is 216 g/mol. The molecule has 0 aliphatic carbocycles. The van der Waals surface area contributed by atoms with E-state index in [9.17, 15) is 0 Å². The predicted molar refractivity (Wildman–Crippen MR) is 61.0 cm³/mol. The van der Waals surface area contributed by atoms with Crippen LogP contribution in [0, 0.1) is 6.92 Å². The average Bonchev–Trinajstić information content (AvgIpc) is 2.28. The molecule has 0 unspecified atom stereocenters. The molecule has 0 saturated carbocycles. The Morgan fingerprint density at radius 1 is 1.25 bits per heavy atom. The molecule has 2 aromatic rings. The molecular formula is C11H12N4O. The van der Waals surface area contributed by atoms with Gasteiger partial charge in [0.25, 0.3) is 0 Å². The van der Waals surface area contributed by atoms with Crippen molar-refractivity contribution < 1.29 is 4.74 Å². The number of ether oxygens (including phenoxy) is 1. The maximum Gasteiger partial charge on any atom is 0.212 e. The number of aromatic nitrogens is 3. The van der Waals surface area contributed by atoms with Crippen molar-refractivity contribution in [2.24, 2.45) is 0 Å². The minimum Gasteiger partial charge on any atom is -0.481 e. The van der Waals surface area contributed by atoms with Crippen LogP contribution in [0.2, 0.25) is 0 Å². The second kappa shape index (κ2) is 4.14. The van der Waals surface area contributed by atoms with Crippen LogP contribution < -0.4 is 10.5 Å². The largest absolute Gasteiger partial charge is 0.481 e. The van der Waals surface area contributed by atoms with Crippen LogP contribution in [-0.4, -0.2) is 22.1 Å². The fourth-order valence-electron chi connectivity index (χ4n) is 1.36. The number of aryl methyl sites for hydroxylation is 1. The first kappa shape index (κ1) is 10.4. The maximum absolute atomic E-state index is 5.66. The van der Waals surface area contributed by atoms with Gasteiger partial charge < -0.3 is 10.5 Å². The molecule has 0 spiro atoms. The van der Waals surface area contributed by atoms with E-state index in [-0.39, 0.29) is 0 Å². The van der Waals surface area contributed by atoms with E-state index in [4.69, 9.17) is 10.5 Å². The van der Waals surface area contributed by atoms with Gasteiger partial charge in [-0.25, -0.2) is 15.0 Å². The lowest BCUT2D eigenvalue weighted by molar-refractivity contribution is 0.398. The molecule has 0 aromatic carbocycles. The van der Waals surface area contributed by atoms with Crippen LogP contribution >= 0.6 is 0 Å². The van der Waals surface area contributed by atoms with Crippen molar-refractivity contribution in [1.29, 1.82) is 0 Å². The van der Waals surface area contributed by atoms with Gasteiger partial charge in [-0.3, -0.25) is 0 Å². The maximum atomic E-state index is 5.66. The van der Waals surface area contributed by atoms with Crippen molar-refractivity contribution in [2.45, 2.75) is 6.92 Å². The molecule has 2 N–H and O–H groups in total. The van der Waals surface area contributed by atoms with Gasteiger partial charge in [-0.15, -0.1) is 0 Å². The van der Waals surface area contributed by atoms with Gasteiger partial charge in [-0.05, 0) is 13.0 Å². The second-order valence-electron chi connectivity index (χ2n) is 3.35. The van der Waals surface area contributed by atoms with E-state index in [1.54, 1.807) is 25.4 Å². The number of anilines is 1. The normalized spacial score (nSPS) is 10.1. The second-order valence-corrected chi connectivity index (χ2v) is 3.35. The molecular weight excluding hydrogens is 204 g/mol. The van der Waals surface area contributed by atoms with Gasteiger partial charge in [0.2, 0.25) is 5.88 Å². The summed E-state index contributed by atoms with van der Waals surface area (Å²) in [6.07, 6.45) is 1.66. The third-order valence-corrected chi connectivity index (χ3v) is 2.08. The molecule has 2 rings (SSSR count). The highest BCUT2D eigenvalue weighted by Crippen LogP contribution is 2.17. The first-order valence-electron chi connectivity index (χ1n) is 4.80. The van der Waals surface area contributed by atoms with E-state index >= 15 is 0 Å². The van der Waals surface area contributed by atoms with Crippen LogP contribution in [0.5, 0.6) is 5.88 Å². The van der Waals surface area contributed by atoms with Crippen LogP contribution in [-0.2, 0) is 0 Å². The number of hydrogen-bond acceptors (Lipinski definition) is 5. The number of nitrogens with zero attached hydrogens (tertiary/aromatic N) is 3. The molecule has 2 heterocycles. The highest BCUT2D eigenvalue weighted by molar-refractivity contribution is 5.56. The summed E-state index contributed by atoms with van der Waals surface area (Å²) in [7, 11) is 1.57. The summed E-state index contributed by atoms with van der Waals surface area (Å²) in [6, 6.07) is 5.33. The first-order valence-corrected chi connectivity index (χ1v) is 4.80. The van der Waals surface area contributed by atoms with Gasteiger partial charge in [0, 0.05) is 29.6 Å². The topological polar surface area (TPSA) is 73.9 Å². The van der Waals surface area contributed by atoms with Crippen molar-refractivity contribution in [1.82, 2.24) is 15.0 Å². The quantitative estimate of drug-likeness (QED) is 0.822. The SMILES string of the molecule is COc1ccc(-c2nc(C)cc(N)n2)cn1. The molecule has 82 valence electrons. The van der Waals surface area contributed by atoms with Gasteiger partial charge in [0.05, 0.1) is 7.11 Å². The minimum absolute atomic E-state index is 0.457. The van der Waals surface area contributed by atoms with Gasteiger partial charge in [-0.2, -0.15) is 0 Å². The molecule has 0 bridgehead atoms. The Morgan fingerprint density at radius 3 is 2.62 bits per heavy atom. The van der Waals surface area contributed by atoms with E-state index in [1.807, 2.05) is 13.0 Å². The number of nitrogens with two attached hydrogens (primary N) is 1. The molecule has 0 aliphatic rings. The summed E-state index contributed by atoms with van der Waals surface area (Å²) in [5, 5.41) is 0. The molecule has 0 radical (unpaired) electrons. The summed E-state index contributed by atoms with van der Waals surface area (Å²) in [6.45, 7) is 1.87. The Kier molecular flexibility index (Phi) is 2.68. The fraction of sp³-hybridized carbons (Fsp3) is 0.182. The van der Waals surface area contributed by atoms with Crippen LogP contribution in [0.1, 0.15) is 5.69 Å². The van der Waals surface area contributed by atoms with Crippen LogP contribution in [0.15, 0.2) is 24.4 Å². The lowest BCUT2D eigenvalue weighted by Crippen LogP contribution is -1.98. The first-order chi connectivity index (χ1) is 7.69. The molecule has 0 fully saturated rings. The van der Waals surface area contributed by atoms with Crippen molar-refractivity contribution in [2.75, 3.05) is 12.8 Å².